The van der Waals surface area contributed by atoms with E-state index < -0.39 is 0 Å². The first-order valence-electron chi connectivity index (χ1n) is 6.58. The van der Waals surface area contributed by atoms with Gasteiger partial charge in [-0.25, -0.2) is 0 Å². The molecule has 19 heavy (non-hydrogen) atoms. The van der Waals surface area contributed by atoms with Crippen LogP contribution in [0.2, 0.25) is 0 Å². The lowest BCUT2D eigenvalue weighted by Gasteiger charge is -2.33. The third kappa shape index (κ3) is 3.41. The summed E-state index contributed by atoms with van der Waals surface area (Å²) in [7, 11) is 0. The summed E-state index contributed by atoms with van der Waals surface area (Å²) in [5, 5.41) is 0. The number of nitrogen functional groups attached to an aromatic ring is 1. The number of carbonyl (C=O) groups is 1. The molecule has 104 valence electrons. The minimum absolute atomic E-state index is 0.0351. The minimum atomic E-state index is -0.0640. The fraction of sp³-hybridized carbons (Fsp3) is 0.500. The summed E-state index contributed by atoms with van der Waals surface area (Å²) in [6.45, 7) is 3.99. The zero-order chi connectivity index (χ0) is 13.8. The van der Waals surface area contributed by atoms with Crippen molar-refractivity contribution in [1.29, 1.82) is 0 Å². The van der Waals surface area contributed by atoms with E-state index in [1.807, 2.05) is 25.1 Å². The Labute approximate surface area is 122 Å². The van der Waals surface area contributed by atoms with Crippen LogP contribution in [0.4, 0.5) is 11.4 Å². The molecular weight excluding hydrogens is 308 g/mol. The molecule has 0 aliphatic carbocycles. The Hall–Kier alpha value is -1.23. The molecule has 0 bridgehead atoms. The highest BCUT2D eigenvalue weighted by Crippen LogP contribution is 2.30. The molecular formula is C14H19BrN2O2. The van der Waals surface area contributed by atoms with Crippen LogP contribution in [0.3, 0.4) is 0 Å². The zero-order valence-electron chi connectivity index (χ0n) is 11.1. The molecule has 0 aromatic heterocycles. The zero-order valence-corrected chi connectivity index (χ0v) is 12.6. The second kappa shape index (κ2) is 6.28. The number of nitrogens with zero attached hydrogens (tertiary/aromatic N) is 1. The normalized spacial score (nSPS) is 16.4. The number of ether oxygens (including phenoxy) is 1. The monoisotopic (exact) mass is 326 g/mol. The molecule has 0 amide bonds. The highest BCUT2D eigenvalue weighted by atomic mass is 79.9. The Morgan fingerprint density at radius 2 is 2.16 bits per heavy atom. The van der Waals surface area contributed by atoms with Gasteiger partial charge in [-0.2, -0.15) is 0 Å². The van der Waals surface area contributed by atoms with E-state index in [1.165, 1.54) is 0 Å². The van der Waals surface area contributed by atoms with E-state index in [-0.39, 0.29) is 11.9 Å². The van der Waals surface area contributed by atoms with Crippen molar-refractivity contribution in [1.82, 2.24) is 0 Å². The van der Waals surface area contributed by atoms with E-state index in [0.29, 0.717) is 6.61 Å². The van der Waals surface area contributed by atoms with Gasteiger partial charge in [0.2, 0.25) is 0 Å². The van der Waals surface area contributed by atoms with Crippen LogP contribution in [0.1, 0.15) is 19.8 Å². The van der Waals surface area contributed by atoms with Gasteiger partial charge in [-0.1, -0.05) is 15.9 Å². The van der Waals surface area contributed by atoms with Crippen molar-refractivity contribution < 1.29 is 9.53 Å². The molecule has 1 fully saturated rings. The van der Waals surface area contributed by atoms with Crippen LogP contribution in [-0.2, 0) is 9.53 Å². The Morgan fingerprint density at radius 1 is 1.47 bits per heavy atom. The first-order valence-corrected chi connectivity index (χ1v) is 7.37. The van der Waals surface area contributed by atoms with E-state index >= 15 is 0 Å². The standard InChI is InChI=1S/C14H19BrN2O2/c1-2-19-14(18)10-5-7-17(8-6-10)13-4-3-11(15)9-12(13)16/h3-4,9-10H,2,5-8,16H2,1H3. The number of hydrogen-bond donors (Lipinski definition) is 1. The summed E-state index contributed by atoms with van der Waals surface area (Å²) >= 11 is 3.41. The quantitative estimate of drug-likeness (QED) is 0.685. The molecule has 4 nitrogen and oxygen atoms in total. The lowest BCUT2D eigenvalue weighted by Crippen LogP contribution is -2.37. The van der Waals surface area contributed by atoms with Crippen molar-refractivity contribution in [2.24, 2.45) is 5.92 Å². The van der Waals surface area contributed by atoms with E-state index in [0.717, 1.165) is 41.8 Å². The van der Waals surface area contributed by atoms with Crippen LogP contribution in [0.5, 0.6) is 0 Å². The van der Waals surface area contributed by atoms with Gasteiger partial charge in [-0.3, -0.25) is 4.79 Å². The van der Waals surface area contributed by atoms with Crippen molar-refractivity contribution in [3.8, 4) is 0 Å². The fourth-order valence-corrected chi connectivity index (χ4v) is 2.81. The Morgan fingerprint density at radius 3 is 2.74 bits per heavy atom. The summed E-state index contributed by atoms with van der Waals surface area (Å²) in [6.07, 6.45) is 1.66. The fourth-order valence-electron chi connectivity index (χ4n) is 2.43. The van der Waals surface area contributed by atoms with Crippen molar-refractivity contribution in [3.63, 3.8) is 0 Å². The van der Waals surface area contributed by atoms with Crippen LogP contribution in [0.25, 0.3) is 0 Å². The summed E-state index contributed by atoms with van der Waals surface area (Å²) in [6, 6.07) is 5.92. The lowest BCUT2D eigenvalue weighted by atomic mass is 9.96. The molecule has 0 radical (unpaired) electrons. The molecule has 1 aromatic rings. The number of benzene rings is 1. The topological polar surface area (TPSA) is 55.6 Å². The average Bonchev–Trinajstić information content (AvgIpc) is 2.39. The number of hydrogen-bond acceptors (Lipinski definition) is 4. The van der Waals surface area contributed by atoms with Crippen LogP contribution < -0.4 is 10.6 Å². The average molecular weight is 327 g/mol. The van der Waals surface area contributed by atoms with Crippen LogP contribution in [0, 0.1) is 5.92 Å². The summed E-state index contributed by atoms with van der Waals surface area (Å²) in [5.41, 5.74) is 7.85. The van der Waals surface area contributed by atoms with Crippen molar-refractivity contribution in [3.05, 3.63) is 22.7 Å². The van der Waals surface area contributed by atoms with Crippen LogP contribution in [0.15, 0.2) is 22.7 Å². The number of nitrogens with two attached hydrogens (primary N) is 1. The van der Waals surface area contributed by atoms with Crippen LogP contribution in [-0.4, -0.2) is 25.7 Å². The number of carbonyl (C=O) groups excluding carboxylic acids is 1. The van der Waals surface area contributed by atoms with E-state index in [4.69, 9.17) is 10.5 Å². The first-order chi connectivity index (χ1) is 9.11. The third-order valence-corrected chi connectivity index (χ3v) is 3.94. The molecule has 0 spiro atoms. The molecule has 2 rings (SSSR count). The van der Waals surface area contributed by atoms with E-state index in [2.05, 4.69) is 20.8 Å². The first kappa shape index (κ1) is 14.2. The predicted molar refractivity (Wildman–Crippen MR) is 80.1 cm³/mol. The number of esters is 1. The maximum atomic E-state index is 11.7. The number of halogens is 1. The molecule has 0 atom stereocenters. The second-order valence-electron chi connectivity index (χ2n) is 4.72. The largest absolute Gasteiger partial charge is 0.466 e. The molecule has 2 N–H and O–H groups in total. The maximum Gasteiger partial charge on any atom is 0.309 e. The van der Waals surface area contributed by atoms with Gasteiger partial charge in [0.1, 0.15) is 0 Å². The lowest BCUT2D eigenvalue weighted by molar-refractivity contribution is -0.148. The molecule has 1 aliphatic heterocycles. The SMILES string of the molecule is CCOC(=O)C1CCN(c2ccc(Br)cc2N)CC1. The molecule has 5 heteroatoms. The number of anilines is 2. The van der Waals surface area contributed by atoms with Gasteiger partial charge in [0.15, 0.2) is 0 Å². The number of rotatable bonds is 3. The Balaban J connectivity index is 1.98. The Bertz CT molecular complexity index is 457. The smallest absolute Gasteiger partial charge is 0.309 e. The van der Waals surface area contributed by atoms with Crippen molar-refractivity contribution in [2.45, 2.75) is 19.8 Å². The van der Waals surface area contributed by atoms with Gasteiger partial charge in [0, 0.05) is 17.6 Å². The second-order valence-corrected chi connectivity index (χ2v) is 5.63. The van der Waals surface area contributed by atoms with Crippen LogP contribution >= 0.6 is 15.9 Å². The molecule has 1 aromatic carbocycles. The van der Waals surface area contributed by atoms with Crippen molar-refractivity contribution in [2.75, 3.05) is 30.3 Å². The highest BCUT2D eigenvalue weighted by Gasteiger charge is 2.26. The number of piperidine rings is 1. The van der Waals surface area contributed by atoms with Gasteiger partial charge in [-0.15, -0.1) is 0 Å². The van der Waals surface area contributed by atoms with Crippen molar-refractivity contribution >= 4 is 33.3 Å². The molecule has 1 heterocycles. The van der Waals surface area contributed by atoms with Gasteiger partial charge < -0.3 is 15.4 Å². The third-order valence-electron chi connectivity index (χ3n) is 3.45. The van der Waals surface area contributed by atoms with Gasteiger partial charge in [0.25, 0.3) is 0 Å². The molecule has 1 aliphatic rings. The van der Waals surface area contributed by atoms with E-state index in [9.17, 15) is 4.79 Å². The predicted octanol–water partition coefficient (Wildman–Crippen LogP) is 2.81. The summed E-state index contributed by atoms with van der Waals surface area (Å²) < 4.78 is 6.06. The Kier molecular flexibility index (Phi) is 4.69. The molecule has 0 saturated carbocycles. The van der Waals surface area contributed by atoms with Gasteiger partial charge >= 0.3 is 5.97 Å². The highest BCUT2D eigenvalue weighted by molar-refractivity contribution is 9.10. The summed E-state index contributed by atoms with van der Waals surface area (Å²) in [4.78, 5) is 13.9. The van der Waals surface area contributed by atoms with Gasteiger partial charge in [0.05, 0.1) is 23.9 Å². The molecule has 0 unspecified atom stereocenters. The van der Waals surface area contributed by atoms with Gasteiger partial charge in [-0.05, 0) is 38.0 Å². The molecule has 1 saturated heterocycles. The van der Waals surface area contributed by atoms with E-state index in [1.54, 1.807) is 0 Å². The minimum Gasteiger partial charge on any atom is -0.466 e. The maximum absolute atomic E-state index is 11.7. The summed E-state index contributed by atoms with van der Waals surface area (Å²) in [5.74, 6) is -0.0289.